The Morgan fingerprint density at radius 1 is 1.10 bits per heavy atom. The molecule has 2 aromatic rings. The lowest BCUT2D eigenvalue weighted by atomic mass is 9.94. The van der Waals surface area contributed by atoms with Crippen LogP contribution in [0.4, 0.5) is 0 Å². The third-order valence-electron chi connectivity index (χ3n) is 3.12. The molecule has 3 heteroatoms. The molecule has 2 rings (SSSR count). The van der Waals surface area contributed by atoms with E-state index in [4.69, 9.17) is 11.6 Å². The van der Waals surface area contributed by atoms with Gasteiger partial charge in [0.2, 0.25) is 0 Å². The van der Waals surface area contributed by atoms with E-state index in [1.165, 1.54) is 0 Å². The van der Waals surface area contributed by atoms with Crippen LogP contribution in [-0.4, -0.2) is 11.0 Å². The number of aryl methyl sites for hydroxylation is 1. The summed E-state index contributed by atoms with van der Waals surface area (Å²) in [6, 6.07) is 12.1. The Morgan fingerprint density at radius 3 is 2.30 bits per heavy atom. The molecule has 0 radical (unpaired) electrons. The van der Waals surface area contributed by atoms with E-state index in [2.05, 4.69) is 6.58 Å². The van der Waals surface area contributed by atoms with Crippen molar-refractivity contribution in [3.05, 3.63) is 76.9 Å². The zero-order valence-electron chi connectivity index (χ0n) is 11.0. The van der Waals surface area contributed by atoms with Crippen molar-refractivity contribution in [1.82, 2.24) is 0 Å². The van der Waals surface area contributed by atoms with E-state index in [0.717, 1.165) is 11.1 Å². The van der Waals surface area contributed by atoms with Crippen LogP contribution in [0.25, 0.3) is 6.08 Å². The molecule has 0 aromatic heterocycles. The SMILES string of the molecule is C=Cc1ccc(C(=O)c2c(C)cccc2C(=O)Cl)cc1. The van der Waals surface area contributed by atoms with E-state index in [9.17, 15) is 9.59 Å². The highest BCUT2D eigenvalue weighted by Crippen LogP contribution is 2.21. The second kappa shape index (κ2) is 5.85. The van der Waals surface area contributed by atoms with E-state index < -0.39 is 5.24 Å². The molecule has 0 saturated heterocycles. The van der Waals surface area contributed by atoms with Gasteiger partial charge in [-0.15, -0.1) is 0 Å². The maximum atomic E-state index is 12.6. The number of hydrogen-bond acceptors (Lipinski definition) is 2. The predicted molar refractivity (Wildman–Crippen MR) is 81.3 cm³/mol. The molecule has 20 heavy (non-hydrogen) atoms. The number of benzene rings is 2. The molecule has 100 valence electrons. The molecule has 0 fully saturated rings. The monoisotopic (exact) mass is 284 g/mol. The van der Waals surface area contributed by atoms with Crippen LogP contribution < -0.4 is 0 Å². The molecule has 0 N–H and O–H groups in total. The van der Waals surface area contributed by atoms with E-state index in [-0.39, 0.29) is 11.3 Å². The van der Waals surface area contributed by atoms with Gasteiger partial charge < -0.3 is 0 Å². The van der Waals surface area contributed by atoms with Crippen LogP contribution in [0.5, 0.6) is 0 Å². The summed E-state index contributed by atoms with van der Waals surface area (Å²) in [5.74, 6) is -0.206. The predicted octanol–water partition coefficient (Wildman–Crippen LogP) is 4.25. The first-order valence-corrected chi connectivity index (χ1v) is 6.49. The van der Waals surface area contributed by atoms with Crippen molar-refractivity contribution in [2.75, 3.05) is 0 Å². The van der Waals surface area contributed by atoms with E-state index in [1.807, 2.05) is 0 Å². The molecule has 0 aliphatic rings. The molecule has 0 aliphatic heterocycles. The maximum absolute atomic E-state index is 12.6. The fourth-order valence-corrected chi connectivity index (χ4v) is 2.21. The topological polar surface area (TPSA) is 34.1 Å². The van der Waals surface area contributed by atoms with Gasteiger partial charge in [-0.2, -0.15) is 0 Å². The molecule has 0 unspecified atom stereocenters. The van der Waals surface area contributed by atoms with Crippen LogP contribution in [-0.2, 0) is 0 Å². The normalized spacial score (nSPS) is 10.1. The summed E-state index contributed by atoms with van der Waals surface area (Å²) in [6.45, 7) is 5.45. The third-order valence-corrected chi connectivity index (χ3v) is 3.32. The van der Waals surface area contributed by atoms with Gasteiger partial charge in [0.25, 0.3) is 5.24 Å². The van der Waals surface area contributed by atoms with Crippen LogP contribution in [0.2, 0.25) is 0 Å². The number of halogens is 1. The van der Waals surface area contributed by atoms with Crippen LogP contribution in [0.1, 0.15) is 37.4 Å². The minimum absolute atomic E-state index is 0.206. The quantitative estimate of drug-likeness (QED) is 0.621. The van der Waals surface area contributed by atoms with Gasteiger partial charge in [-0.1, -0.05) is 49.1 Å². The third kappa shape index (κ3) is 2.70. The summed E-state index contributed by atoms with van der Waals surface area (Å²) in [6.07, 6.45) is 1.70. The highest BCUT2D eigenvalue weighted by molar-refractivity contribution is 6.68. The molecule has 0 spiro atoms. The fraction of sp³-hybridized carbons (Fsp3) is 0.0588. The lowest BCUT2D eigenvalue weighted by molar-refractivity contribution is 0.102. The first kappa shape index (κ1) is 14.2. The summed E-state index contributed by atoms with van der Waals surface area (Å²) in [4.78, 5) is 24.0. The van der Waals surface area contributed by atoms with E-state index in [0.29, 0.717) is 11.1 Å². The summed E-state index contributed by atoms with van der Waals surface area (Å²) >= 11 is 5.56. The van der Waals surface area contributed by atoms with Crippen LogP contribution in [0, 0.1) is 6.92 Å². The van der Waals surface area contributed by atoms with Gasteiger partial charge in [-0.25, -0.2) is 0 Å². The lowest BCUT2D eigenvalue weighted by Gasteiger charge is -2.09. The van der Waals surface area contributed by atoms with Crippen molar-refractivity contribution in [3.63, 3.8) is 0 Å². The first-order valence-electron chi connectivity index (χ1n) is 6.11. The first-order chi connectivity index (χ1) is 9.54. The summed E-state index contributed by atoms with van der Waals surface area (Å²) in [5.41, 5.74) is 2.78. The Kier molecular flexibility index (Phi) is 4.16. The Hall–Kier alpha value is -2.19. The smallest absolute Gasteiger partial charge is 0.253 e. The molecule has 2 nitrogen and oxygen atoms in total. The second-order valence-electron chi connectivity index (χ2n) is 4.43. The minimum atomic E-state index is -0.625. The van der Waals surface area contributed by atoms with E-state index in [1.54, 1.807) is 55.5 Å². The molecule has 0 atom stereocenters. The van der Waals surface area contributed by atoms with Crippen LogP contribution >= 0.6 is 11.6 Å². The number of carbonyl (C=O) groups excluding carboxylic acids is 2. The Balaban J connectivity index is 2.52. The fourth-order valence-electron chi connectivity index (χ4n) is 2.05. The molecule has 0 bridgehead atoms. The van der Waals surface area contributed by atoms with Gasteiger partial charge in [0.05, 0.1) is 0 Å². The van der Waals surface area contributed by atoms with Crippen molar-refractivity contribution in [2.45, 2.75) is 6.92 Å². The standard InChI is InChI=1S/C17H13ClO2/c1-3-12-7-9-13(10-8-12)16(19)15-11(2)5-4-6-14(15)17(18)20/h3-10H,1H2,2H3. The molecular formula is C17H13ClO2. The van der Waals surface area contributed by atoms with Crippen LogP contribution in [0.3, 0.4) is 0 Å². The number of rotatable bonds is 4. The van der Waals surface area contributed by atoms with Crippen molar-refractivity contribution in [3.8, 4) is 0 Å². The van der Waals surface area contributed by atoms with Crippen molar-refractivity contribution in [2.24, 2.45) is 0 Å². The van der Waals surface area contributed by atoms with Gasteiger partial charge >= 0.3 is 0 Å². The van der Waals surface area contributed by atoms with Crippen molar-refractivity contribution >= 4 is 28.7 Å². The lowest BCUT2D eigenvalue weighted by Crippen LogP contribution is -2.09. The number of carbonyl (C=O) groups is 2. The molecule has 0 saturated carbocycles. The number of ketones is 1. The maximum Gasteiger partial charge on any atom is 0.253 e. The van der Waals surface area contributed by atoms with Gasteiger partial charge in [0, 0.05) is 16.7 Å². The highest BCUT2D eigenvalue weighted by atomic mass is 35.5. The van der Waals surface area contributed by atoms with Crippen molar-refractivity contribution in [1.29, 1.82) is 0 Å². The Labute approximate surface area is 122 Å². The summed E-state index contributed by atoms with van der Waals surface area (Å²) in [5, 5.41) is -0.625. The van der Waals surface area contributed by atoms with E-state index >= 15 is 0 Å². The number of hydrogen-bond donors (Lipinski definition) is 0. The molecule has 0 heterocycles. The largest absolute Gasteiger partial charge is 0.289 e. The van der Waals surface area contributed by atoms with Crippen LogP contribution in [0.15, 0.2) is 49.0 Å². The van der Waals surface area contributed by atoms with Gasteiger partial charge in [-0.05, 0) is 35.7 Å². The zero-order valence-corrected chi connectivity index (χ0v) is 11.8. The van der Waals surface area contributed by atoms with Gasteiger partial charge in [0.1, 0.15) is 0 Å². The Bertz CT molecular complexity index is 685. The molecule has 2 aromatic carbocycles. The molecule has 0 amide bonds. The highest BCUT2D eigenvalue weighted by Gasteiger charge is 2.19. The van der Waals surface area contributed by atoms with Crippen molar-refractivity contribution < 1.29 is 9.59 Å². The molecule has 0 aliphatic carbocycles. The minimum Gasteiger partial charge on any atom is -0.289 e. The van der Waals surface area contributed by atoms with Gasteiger partial charge in [0.15, 0.2) is 5.78 Å². The second-order valence-corrected chi connectivity index (χ2v) is 4.77. The molecular weight excluding hydrogens is 272 g/mol. The average Bonchev–Trinajstić information content (AvgIpc) is 2.46. The average molecular weight is 285 g/mol. The summed E-state index contributed by atoms with van der Waals surface area (Å²) in [7, 11) is 0. The Morgan fingerprint density at radius 2 is 1.75 bits per heavy atom. The summed E-state index contributed by atoms with van der Waals surface area (Å²) < 4.78 is 0. The zero-order chi connectivity index (χ0) is 14.7. The van der Waals surface area contributed by atoms with Gasteiger partial charge in [-0.3, -0.25) is 9.59 Å².